The molecule has 0 bridgehead atoms. The van der Waals surface area contributed by atoms with Crippen LogP contribution in [0.25, 0.3) is 0 Å². The van der Waals surface area contributed by atoms with Crippen molar-refractivity contribution in [2.75, 3.05) is 79.7 Å². The minimum absolute atomic E-state index is 0.0599. The highest BCUT2D eigenvalue weighted by atomic mass is 16.5. The van der Waals surface area contributed by atoms with E-state index in [-0.39, 0.29) is 6.61 Å². The molecule has 0 radical (unpaired) electrons. The number of aliphatic hydroxyl groups is 1. The van der Waals surface area contributed by atoms with E-state index in [1.54, 1.807) is 12.4 Å². The molecule has 1 aromatic carbocycles. The first-order valence-electron chi connectivity index (χ1n) is 12.3. The van der Waals surface area contributed by atoms with Gasteiger partial charge in [0, 0.05) is 62.7 Å². The molecule has 3 aromatic rings. The number of hydrogen-bond acceptors (Lipinski definition) is 10. The van der Waals surface area contributed by atoms with Crippen LogP contribution in [0.3, 0.4) is 0 Å². The summed E-state index contributed by atoms with van der Waals surface area (Å²) in [6, 6.07) is 10.3. The molecule has 10 heteroatoms. The number of benzene rings is 1. The molecule has 2 aliphatic heterocycles. The van der Waals surface area contributed by atoms with Crippen molar-refractivity contribution in [1.29, 1.82) is 0 Å². The summed E-state index contributed by atoms with van der Waals surface area (Å²) in [7, 11) is 1.94. The van der Waals surface area contributed by atoms with Gasteiger partial charge in [0.1, 0.15) is 5.82 Å². The van der Waals surface area contributed by atoms with E-state index in [1.165, 1.54) is 0 Å². The predicted octanol–water partition coefficient (Wildman–Crippen LogP) is 2.86. The lowest BCUT2D eigenvalue weighted by Gasteiger charge is -2.33. The van der Waals surface area contributed by atoms with E-state index < -0.39 is 0 Å². The molecule has 0 saturated carbocycles. The molecule has 0 unspecified atom stereocenters. The zero-order valence-corrected chi connectivity index (χ0v) is 20.9. The first kappa shape index (κ1) is 24.2. The van der Waals surface area contributed by atoms with Gasteiger partial charge in [-0.25, -0.2) is 4.98 Å². The van der Waals surface area contributed by atoms with Gasteiger partial charge in [-0.2, -0.15) is 4.98 Å². The van der Waals surface area contributed by atoms with Gasteiger partial charge in [-0.1, -0.05) is 0 Å². The van der Waals surface area contributed by atoms with Crippen LogP contribution < -0.4 is 20.0 Å². The first-order chi connectivity index (χ1) is 17.6. The average Bonchev–Trinajstić information content (AvgIpc) is 2.94. The van der Waals surface area contributed by atoms with E-state index in [0.29, 0.717) is 5.95 Å². The topological polar surface area (TPSA) is 99.1 Å². The van der Waals surface area contributed by atoms with Crippen LogP contribution in [0.2, 0.25) is 0 Å². The number of nitrogens with zero attached hydrogens (tertiary/aromatic N) is 6. The van der Waals surface area contributed by atoms with Crippen LogP contribution in [0.1, 0.15) is 11.3 Å². The fraction of sp³-hybridized carbons (Fsp3) is 0.423. The molecule has 36 heavy (non-hydrogen) atoms. The number of aryl methyl sites for hydroxylation is 1. The summed E-state index contributed by atoms with van der Waals surface area (Å²) in [5.74, 6) is 1.24. The van der Waals surface area contributed by atoms with Gasteiger partial charge in [0.25, 0.3) is 0 Å². The quantitative estimate of drug-likeness (QED) is 0.513. The molecule has 2 saturated heterocycles. The molecular weight excluding hydrogens is 458 g/mol. The Morgan fingerprint density at radius 1 is 0.944 bits per heavy atom. The van der Waals surface area contributed by atoms with Crippen molar-refractivity contribution in [3.63, 3.8) is 0 Å². The number of anilines is 6. The third-order valence-corrected chi connectivity index (χ3v) is 6.56. The van der Waals surface area contributed by atoms with Gasteiger partial charge < -0.3 is 34.6 Å². The van der Waals surface area contributed by atoms with Crippen molar-refractivity contribution in [1.82, 2.24) is 15.0 Å². The van der Waals surface area contributed by atoms with Gasteiger partial charge in [-0.05, 0) is 42.8 Å². The van der Waals surface area contributed by atoms with Gasteiger partial charge in [0.15, 0.2) is 0 Å². The summed E-state index contributed by atoms with van der Waals surface area (Å²) in [5, 5.41) is 13.0. The normalized spacial score (nSPS) is 16.2. The van der Waals surface area contributed by atoms with E-state index in [1.807, 2.05) is 31.0 Å². The fourth-order valence-corrected chi connectivity index (χ4v) is 4.51. The highest BCUT2D eigenvalue weighted by molar-refractivity contribution is 5.72. The van der Waals surface area contributed by atoms with E-state index in [9.17, 15) is 5.11 Å². The molecule has 0 atom stereocenters. The number of morpholine rings is 2. The van der Waals surface area contributed by atoms with E-state index in [4.69, 9.17) is 14.5 Å². The Labute approximate surface area is 211 Å². The maximum absolute atomic E-state index is 9.53. The number of pyridine rings is 1. The standard InChI is InChI=1S/C26H33N7O3/c1-19-24(13-20(18-34)17-28-19)31(2)25-3-4-27-26(30-25)29-21-14-22(32-5-9-35-10-6-32)16-23(15-21)33-7-11-36-12-8-33/h3-4,13-17,34H,5-12,18H2,1-2H3,(H,27,29,30). The Kier molecular flexibility index (Phi) is 7.45. The number of hydrogen-bond donors (Lipinski definition) is 2. The first-order valence-corrected chi connectivity index (χ1v) is 12.3. The summed E-state index contributed by atoms with van der Waals surface area (Å²) in [4.78, 5) is 20.3. The minimum atomic E-state index is -0.0599. The van der Waals surface area contributed by atoms with Crippen LogP contribution in [0.5, 0.6) is 0 Å². The maximum atomic E-state index is 9.53. The minimum Gasteiger partial charge on any atom is -0.392 e. The average molecular weight is 492 g/mol. The third kappa shape index (κ3) is 5.51. The second-order valence-electron chi connectivity index (χ2n) is 8.97. The number of rotatable bonds is 7. The van der Waals surface area contributed by atoms with Crippen LogP contribution >= 0.6 is 0 Å². The zero-order chi connectivity index (χ0) is 24.9. The SMILES string of the molecule is Cc1ncc(CO)cc1N(C)c1ccnc(Nc2cc(N3CCOCC3)cc(N3CCOCC3)c2)n1. The van der Waals surface area contributed by atoms with Gasteiger partial charge in [-0.15, -0.1) is 0 Å². The smallest absolute Gasteiger partial charge is 0.229 e. The van der Waals surface area contributed by atoms with E-state index in [2.05, 4.69) is 43.3 Å². The Bertz CT molecular complexity index is 1140. The molecular formula is C26H33N7O3. The lowest BCUT2D eigenvalue weighted by Crippen LogP contribution is -2.38. The van der Waals surface area contributed by atoms with Crippen molar-refractivity contribution < 1.29 is 14.6 Å². The van der Waals surface area contributed by atoms with Crippen molar-refractivity contribution in [3.05, 3.63) is 54.0 Å². The second kappa shape index (κ2) is 11.1. The summed E-state index contributed by atoms with van der Waals surface area (Å²) >= 11 is 0. The fourth-order valence-electron chi connectivity index (χ4n) is 4.51. The predicted molar refractivity (Wildman–Crippen MR) is 141 cm³/mol. The summed E-state index contributed by atoms with van der Waals surface area (Å²) in [5.41, 5.74) is 5.73. The molecule has 0 amide bonds. The van der Waals surface area contributed by atoms with Crippen LogP contribution in [-0.2, 0) is 16.1 Å². The number of nitrogens with one attached hydrogen (secondary N) is 1. The molecule has 2 aromatic heterocycles. The van der Waals surface area contributed by atoms with Gasteiger partial charge in [0.05, 0.1) is 44.4 Å². The molecule has 2 N–H and O–H groups in total. The molecule has 2 aliphatic rings. The Morgan fingerprint density at radius 2 is 1.58 bits per heavy atom. The number of aromatic nitrogens is 3. The Balaban J connectivity index is 1.43. The van der Waals surface area contributed by atoms with Crippen LogP contribution in [0, 0.1) is 6.92 Å². The van der Waals surface area contributed by atoms with E-state index in [0.717, 1.165) is 92.4 Å². The molecule has 190 valence electrons. The highest BCUT2D eigenvalue weighted by Gasteiger charge is 2.18. The molecule has 5 rings (SSSR count). The van der Waals surface area contributed by atoms with Crippen molar-refractivity contribution in [2.45, 2.75) is 13.5 Å². The Hall–Kier alpha value is -3.47. The molecule has 0 aliphatic carbocycles. The van der Waals surface area contributed by atoms with Crippen molar-refractivity contribution in [3.8, 4) is 0 Å². The number of aliphatic hydroxyl groups excluding tert-OH is 1. The summed E-state index contributed by atoms with van der Waals surface area (Å²) in [6.07, 6.45) is 3.43. The van der Waals surface area contributed by atoms with Gasteiger partial charge in [-0.3, -0.25) is 4.98 Å². The Morgan fingerprint density at radius 3 is 2.19 bits per heavy atom. The van der Waals surface area contributed by atoms with Crippen LogP contribution in [0.4, 0.5) is 34.5 Å². The number of ether oxygens (including phenoxy) is 2. The lowest BCUT2D eigenvalue weighted by molar-refractivity contribution is 0.122. The molecule has 10 nitrogen and oxygen atoms in total. The van der Waals surface area contributed by atoms with Crippen molar-refractivity contribution >= 4 is 34.5 Å². The highest BCUT2D eigenvalue weighted by Crippen LogP contribution is 2.31. The van der Waals surface area contributed by atoms with Crippen LogP contribution in [-0.4, -0.2) is 79.7 Å². The lowest BCUT2D eigenvalue weighted by atomic mass is 10.2. The van der Waals surface area contributed by atoms with Gasteiger partial charge >= 0.3 is 0 Å². The third-order valence-electron chi connectivity index (χ3n) is 6.56. The largest absolute Gasteiger partial charge is 0.392 e. The second-order valence-corrected chi connectivity index (χ2v) is 8.97. The molecule has 2 fully saturated rings. The van der Waals surface area contributed by atoms with Crippen molar-refractivity contribution in [2.24, 2.45) is 0 Å². The maximum Gasteiger partial charge on any atom is 0.229 e. The van der Waals surface area contributed by atoms with Crippen LogP contribution in [0.15, 0.2) is 42.7 Å². The van der Waals surface area contributed by atoms with Gasteiger partial charge in [0.2, 0.25) is 5.95 Å². The molecule has 0 spiro atoms. The monoisotopic (exact) mass is 491 g/mol. The zero-order valence-electron chi connectivity index (χ0n) is 20.9. The summed E-state index contributed by atoms with van der Waals surface area (Å²) in [6.45, 7) is 8.26. The summed E-state index contributed by atoms with van der Waals surface area (Å²) < 4.78 is 11.1. The molecule has 4 heterocycles. The van der Waals surface area contributed by atoms with E-state index >= 15 is 0 Å².